The van der Waals surface area contributed by atoms with Crippen molar-refractivity contribution in [3.05, 3.63) is 31.0 Å². The highest BCUT2D eigenvalue weighted by atomic mass is 16.5. The molecule has 1 rings (SSSR count). The van der Waals surface area contributed by atoms with E-state index in [-0.39, 0.29) is 0 Å². The normalized spacial score (nSPS) is 9.54. The van der Waals surface area contributed by atoms with Crippen molar-refractivity contribution in [2.75, 3.05) is 12.3 Å². The minimum absolute atomic E-state index is 0.587. The monoisotopic (exact) mass is 178 g/mol. The molecule has 3 nitrogen and oxygen atoms in total. The number of nitrogen functional groups attached to an aromatic ring is 1. The van der Waals surface area contributed by atoms with E-state index < -0.39 is 0 Å². The summed E-state index contributed by atoms with van der Waals surface area (Å²) in [5.74, 6) is 0.587. The maximum atomic E-state index is 5.55. The Bertz CT molecular complexity index is 273. The van der Waals surface area contributed by atoms with Gasteiger partial charge in [0.1, 0.15) is 0 Å². The number of aromatic nitrogens is 1. The molecule has 0 radical (unpaired) electrons. The number of unbranched alkanes of at least 4 members (excludes halogenated alkanes) is 1. The first kappa shape index (κ1) is 9.58. The Morgan fingerprint density at radius 2 is 2.46 bits per heavy atom. The molecule has 0 aliphatic carbocycles. The summed E-state index contributed by atoms with van der Waals surface area (Å²) in [6, 6.07) is 3.45. The Balaban J connectivity index is 2.32. The highest BCUT2D eigenvalue weighted by Crippen LogP contribution is 2.10. The summed E-state index contributed by atoms with van der Waals surface area (Å²) in [6.07, 6.45) is 5.43. The van der Waals surface area contributed by atoms with Crippen LogP contribution in [0, 0.1) is 0 Å². The lowest BCUT2D eigenvalue weighted by atomic mass is 10.3. The Labute approximate surface area is 78.2 Å². The van der Waals surface area contributed by atoms with Crippen molar-refractivity contribution in [3.63, 3.8) is 0 Å². The van der Waals surface area contributed by atoms with Gasteiger partial charge in [-0.3, -0.25) is 0 Å². The zero-order valence-corrected chi connectivity index (χ0v) is 7.57. The standard InChI is InChI=1S/C10H14N2O/c1-2-3-4-7-13-10-8-9(11)5-6-12-10/h2,5-6,8H,1,3-4,7H2,(H2,11,12). The van der Waals surface area contributed by atoms with E-state index in [4.69, 9.17) is 10.5 Å². The van der Waals surface area contributed by atoms with Crippen LogP contribution in [0.3, 0.4) is 0 Å². The molecule has 0 bridgehead atoms. The first-order chi connectivity index (χ1) is 6.33. The van der Waals surface area contributed by atoms with E-state index >= 15 is 0 Å². The van der Waals surface area contributed by atoms with Gasteiger partial charge in [-0.05, 0) is 18.9 Å². The third kappa shape index (κ3) is 3.60. The van der Waals surface area contributed by atoms with E-state index in [1.54, 1.807) is 18.3 Å². The predicted molar refractivity (Wildman–Crippen MR) is 53.6 cm³/mol. The lowest BCUT2D eigenvalue weighted by Gasteiger charge is -2.03. The Kier molecular flexibility index (Phi) is 3.82. The summed E-state index contributed by atoms with van der Waals surface area (Å²) in [6.45, 7) is 4.28. The number of hydrogen-bond donors (Lipinski definition) is 1. The molecular formula is C10H14N2O. The van der Waals surface area contributed by atoms with Crippen LogP contribution in [-0.4, -0.2) is 11.6 Å². The molecule has 0 saturated carbocycles. The van der Waals surface area contributed by atoms with E-state index in [1.165, 1.54) is 0 Å². The summed E-state index contributed by atoms with van der Waals surface area (Å²) in [7, 11) is 0. The molecule has 0 fully saturated rings. The predicted octanol–water partition coefficient (Wildman–Crippen LogP) is 2.01. The van der Waals surface area contributed by atoms with E-state index in [1.807, 2.05) is 6.08 Å². The largest absolute Gasteiger partial charge is 0.478 e. The molecule has 0 atom stereocenters. The number of nitrogens with two attached hydrogens (primary N) is 1. The molecule has 2 N–H and O–H groups in total. The fraction of sp³-hybridized carbons (Fsp3) is 0.300. The van der Waals surface area contributed by atoms with Crippen molar-refractivity contribution < 1.29 is 4.74 Å². The van der Waals surface area contributed by atoms with Crippen molar-refractivity contribution in [1.29, 1.82) is 0 Å². The summed E-state index contributed by atoms with van der Waals surface area (Å²) >= 11 is 0. The van der Waals surface area contributed by atoms with Crippen LogP contribution in [0.4, 0.5) is 5.69 Å². The minimum atomic E-state index is 0.587. The number of allylic oxidation sites excluding steroid dienone is 1. The van der Waals surface area contributed by atoms with Gasteiger partial charge in [-0.1, -0.05) is 6.08 Å². The van der Waals surface area contributed by atoms with Crippen LogP contribution in [0.15, 0.2) is 31.0 Å². The molecular weight excluding hydrogens is 164 g/mol. The van der Waals surface area contributed by atoms with Crippen molar-refractivity contribution in [1.82, 2.24) is 4.98 Å². The number of nitrogens with zero attached hydrogens (tertiary/aromatic N) is 1. The summed E-state index contributed by atoms with van der Waals surface area (Å²) < 4.78 is 5.35. The van der Waals surface area contributed by atoms with Crippen molar-refractivity contribution in [2.24, 2.45) is 0 Å². The zero-order valence-electron chi connectivity index (χ0n) is 7.57. The van der Waals surface area contributed by atoms with Crippen LogP contribution < -0.4 is 10.5 Å². The number of ether oxygens (including phenoxy) is 1. The van der Waals surface area contributed by atoms with Gasteiger partial charge in [0.05, 0.1) is 6.61 Å². The SMILES string of the molecule is C=CCCCOc1cc(N)ccn1. The Morgan fingerprint density at radius 3 is 3.15 bits per heavy atom. The van der Waals surface area contributed by atoms with Gasteiger partial charge < -0.3 is 10.5 Å². The smallest absolute Gasteiger partial charge is 0.215 e. The lowest BCUT2D eigenvalue weighted by Crippen LogP contribution is -1.99. The maximum absolute atomic E-state index is 5.55. The van der Waals surface area contributed by atoms with E-state index in [0.29, 0.717) is 18.2 Å². The summed E-state index contributed by atoms with van der Waals surface area (Å²) in [5.41, 5.74) is 6.23. The maximum Gasteiger partial charge on any atom is 0.215 e. The minimum Gasteiger partial charge on any atom is -0.478 e. The summed E-state index contributed by atoms with van der Waals surface area (Å²) in [4.78, 5) is 4.01. The van der Waals surface area contributed by atoms with Gasteiger partial charge in [-0.2, -0.15) is 0 Å². The highest BCUT2D eigenvalue weighted by molar-refractivity contribution is 5.39. The van der Waals surface area contributed by atoms with Crippen LogP contribution in [0.1, 0.15) is 12.8 Å². The van der Waals surface area contributed by atoms with Gasteiger partial charge in [0, 0.05) is 18.0 Å². The second kappa shape index (κ2) is 5.19. The number of rotatable bonds is 5. The van der Waals surface area contributed by atoms with E-state index in [9.17, 15) is 0 Å². The van der Waals surface area contributed by atoms with Gasteiger partial charge in [-0.15, -0.1) is 6.58 Å². The van der Waals surface area contributed by atoms with Crippen LogP contribution in [0.5, 0.6) is 5.88 Å². The van der Waals surface area contributed by atoms with Crippen LogP contribution in [-0.2, 0) is 0 Å². The van der Waals surface area contributed by atoms with Crippen LogP contribution >= 0.6 is 0 Å². The molecule has 1 heterocycles. The van der Waals surface area contributed by atoms with Gasteiger partial charge in [0.15, 0.2) is 0 Å². The molecule has 3 heteroatoms. The molecule has 0 aliphatic heterocycles. The number of pyridine rings is 1. The molecule has 0 amide bonds. The lowest BCUT2D eigenvalue weighted by molar-refractivity contribution is 0.300. The van der Waals surface area contributed by atoms with Gasteiger partial charge >= 0.3 is 0 Å². The van der Waals surface area contributed by atoms with E-state index in [0.717, 1.165) is 12.8 Å². The second-order valence-corrected chi connectivity index (χ2v) is 2.71. The fourth-order valence-corrected chi connectivity index (χ4v) is 0.908. The van der Waals surface area contributed by atoms with Crippen molar-refractivity contribution in [3.8, 4) is 5.88 Å². The number of hydrogen-bond acceptors (Lipinski definition) is 3. The Morgan fingerprint density at radius 1 is 1.62 bits per heavy atom. The van der Waals surface area contributed by atoms with Crippen LogP contribution in [0.2, 0.25) is 0 Å². The third-order valence-electron chi connectivity index (χ3n) is 1.56. The van der Waals surface area contributed by atoms with Crippen molar-refractivity contribution in [2.45, 2.75) is 12.8 Å². The fourth-order valence-electron chi connectivity index (χ4n) is 0.908. The van der Waals surface area contributed by atoms with Crippen LogP contribution in [0.25, 0.3) is 0 Å². The first-order valence-electron chi connectivity index (χ1n) is 4.28. The summed E-state index contributed by atoms with van der Waals surface area (Å²) in [5, 5.41) is 0. The van der Waals surface area contributed by atoms with Crippen molar-refractivity contribution >= 4 is 5.69 Å². The third-order valence-corrected chi connectivity index (χ3v) is 1.56. The quantitative estimate of drug-likeness (QED) is 0.554. The molecule has 13 heavy (non-hydrogen) atoms. The molecule has 0 saturated heterocycles. The van der Waals surface area contributed by atoms with E-state index in [2.05, 4.69) is 11.6 Å². The highest BCUT2D eigenvalue weighted by Gasteiger charge is 1.94. The Hall–Kier alpha value is -1.51. The zero-order chi connectivity index (χ0) is 9.52. The topological polar surface area (TPSA) is 48.1 Å². The average molecular weight is 178 g/mol. The number of anilines is 1. The average Bonchev–Trinajstić information content (AvgIpc) is 2.13. The molecule has 70 valence electrons. The van der Waals surface area contributed by atoms with Gasteiger partial charge in [-0.25, -0.2) is 4.98 Å². The molecule has 0 spiro atoms. The molecule has 0 aliphatic rings. The molecule has 1 aromatic rings. The molecule has 0 aromatic carbocycles. The second-order valence-electron chi connectivity index (χ2n) is 2.71. The van der Waals surface area contributed by atoms with Gasteiger partial charge in [0.2, 0.25) is 5.88 Å². The van der Waals surface area contributed by atoms with Gasteiger partial charge in [0.25, 0.3) is 0 Å². The molecule has 0 unspecified atom stereocenters. The molecule has 1 aromatic heterocycles. The first-order valence-corrected chi connectivity index (χ1v) is 4.28.